The Labute approximate surface area is 129 Å². The molecule has 118 valence electrons. The van der Waals surface area contributed by atoms with Crippen molar-refractivity contribution in [2.75, 3.05) is 0 Å². The molecular formula is C16H21FN4O. The van der Waals surface area contributed by atoms with Crippen molar-refractivity contribution in [1.82, 2.24) is 9.88 Å². The minimum Gasteiger partial charge on any atom is -0.369 e. The Morgan fingerprint density at radius 2 is 2.23 bits per heavy atom. The van der Waals surface area contributed by atoms with E-state index < -0.39 is 11.4 Å². The first kappa shape index (κ1) is 14.9. The van der Waals surface area contributed by atoms with Crippen molar-refractivity contribution < 1.29 is 9.18 Å². The molecule has 2 N–H and O–H groups in total. The van der Waals surface area contributed by atoms with Gasteiger partial charge in [0, 0.05) is 6.20 Å². The van der Waals surface area contributed by atoms with Gasteiger partial charge < -0.3 is 5.73 Å². The highest BCUT2D eigenvalue weighted by Crippen LogP contribution is 2.46. The predicted octanol–water partition coefficient (Wildman–Crippen LogP) is 2.39. The Bertz CT molecular complexity index is 628. The summed E-state index contributed by atoms with van der Waals surface area (Å²) in [5.41, 5.74) is 6.35. The molecule has 1 saturated carbocycles. The average molecular weight is 304 g/mol. The smallest absolute Gasteiger partial charge is 0.232 e. The lowest BCUT2D eigenvalue weighted by Crippen LogP contribution is -2.52. The highest BCUT2D eigenvalue weighted by molar-refractivity contribution is 5.99. The molecule has 0 radical (unpaired) electrons. The Morgan fingerprint density at radius 1 is 1.50 bits per heavy atom. The maximum absolute atomic E-state index is 13.5. The summed E-state index contributed by atoms with van der Waals surface area (Å²) in [4.78, 5) is 22.6. The molecule has 1 aliphatic heterocycles. The second-order valence-corrected chi connectivity index (χ2v) is 6.48. The van der Waals surface area contributed by atoms with Crippen molar-refractivity contribution in [1.29, 1.82) is 0 Å². The Morgan fingerprint density at radius 3 is 2.77 bits per heavy atom. The number of nitrogens with zero attached hydrogens (tertiary/aromatic N) is 3. The molecule has 2 heterocycles. The van der Waals surface area contributed by atoms with E-state index >= 15 is 0 Å². The van der Waals surface area contributed by atoms with Crippen LogP contribution in [0.5, 0.6) is 0 Å². The van der Waals surface area contributed by atoms with Crippen LogP contribution in [0.25, 0.3) is 0 Å². The van der Waals surface area contributed by atoms with Crippen molar-refractivity contribution in [3.63, 3.8) is 0 Å². The minimum absolute atomic E-state index is 0.0435. The van der Waals surface area contributed by atoms with Gasteiger partial charge in [-0.2, -0.15) is 0 Å². The van der Waals surface area contributed by atoms with E-state index in [1.807, 2.05) is 13.8 Å². The van der Waals surface area contributed by atoms with Crippen molar-refractivity contribution in [2.45, 2.75) is 51.1 Å². The third-order valence-electron chi connectivity index (χ3n) is 4.61. The van der Waals surface area contributed by atoms with Crippen molar-refractivity contribution in [2.24, 2.45) is 16.6 Å². The molecule has 1 unspecified atom stereocenters. The fourth-order valence-electron chi connectivity index (χ4n) is 3.04. The Balaban J connectivity index is 1.99. The first-order chi connectivity index (χ1) is 10.4. The summed E-state index contributed by atoms with van der Waals surface area (Å²) in [5.74, 6) is 0.0913. The highest BCUT2D eigenvalue weighted by Gasteiger charge is 2.44. The molecule has 0 saturated heterocycles. The Hall–Kier alpha value is -1.98. The summed E-state index contributed by atoms with van der Waals surface area (Å²) in [6.07, 6.45) is 5.86. The Kier molecular flexibility index (Phi) is 3.62. The molecule has 5 nitrogen and oxygen atoms in total. The molecule has 6 heteroatoms. The zero-order valence-corrected chi connectivity index (χ0v) is 12.9. The highest BCUT2D eigenvalue weighted by atomic mass is 19.1. The summed E-state index contributed by atoms with van der Waals surface area (Å²) in [5, 5.41) is 0. The zero-order valence-electron chi connectivity index (χ0n) is 12.9. The van der Waals surface area contributed by atoms with Crippen LogP contribution in [0.1, 0.15) is 51.1 Å². The molecule has 2 aliphatic rings. The standard InChI is InChI=1S/C16H21FN4O/c1-3-16(2)7-13(22)21(15(18)20-16)14(10-4-5-10)11-6-12(17)9-19-8-11/h6,8-10,14H,3-5,7H2,1-2H3,(H2,18,20)/t14?,16-/m1/s1. The summed E-state index contributed by atoms with van der Waals surface area (Å²) in [6.45, 7) is 3.93. The van der Waals surface area contributed by atoms with E-state index in [1.165, 1.54) is 6.07 Å². The van der Waals surface area contributed by atoms with E-state index in [2.05, 4.69) is 9.98 Å². The molecule has 1 aliphatic carbocycles. The third-order valence-corrected chi connectivity index (χ3v) is 4.61. The fraction of sp³-hybridized carbons (Fsp3) is 0.562. The van der Waals surface area contributed by atoms with Crippen LogP contribution in [0.4, 0.5) is 4.39 Å². The number of pyridine rings is 1. The average Bonchev–Trinajstić information content (AvgIpc) is 3.27. The maximum atomic E-state index is 13.5. The number of nitrogens with two attached hydrogens (primary N) is 1. The minimum atomic E-state index is -0.439. The second-order valence-electron chi connectivity index (χ2n) is 6.48. The van der Waals surface area contributed by atoms with Gasteiger partial charge in [0.15, 0.2) is 5.96 Å². The first-order valence-corrected chi connectivity index (χ1v) is 7.71. The van der Waals surface area contributed by atoms with Crippen molar-refractivity contribution in [3.8, 4) is 0 Å². The lowest BCUT2D eigenvalue weighted by molar-refractivity contribution is -0.131. The largest absolute Gasteiger partial charge is 0.369 e. The topological polar surface area (TPSA) is 71.6 Å². The van der Waals surface area contributed by atoms with E-state index in [4.69, 9.17) is 5.73 Å². The third kappa shape index (κ3) is 2.69. The lowest BCUT2D eigenvalue weighted by Gasteiger charge is -2.39. The molecule has 1 amide bonds. The van der Waals surface area contributed by atoms with E-state index in [1.54, 1.807) is 11.1 Å². The van der Waals surface area contributed by atoms with Gasteiger partial charge in [0.25, 0.3) is 0 Å². The van der Waals surface area contributed by atoms with Gasteiger partial charge in [0.2, 0.25) is 5.91 Å². The summed E-state index contributed by atoms with van der Waals surface area (Å²) >= 11 is 0. The molecule has 1 aromatic rings. The normalized spacial score (nSPS) is 26.8. The molecule has 0 spiro atoms. The lowest BCUT2D eigenvalue weighted by atomic mass is 9.91. The molecule has 0 bridgehead atoms. The summed E-state index contributed by atoms with van der Waals surface area (Å²) in [6, 6.07) is 1.17. The van der Waals surface area contributed by atoms with Crippen LogP contribution in [-0.2, 0) is 4.79 Å². The SMILES string of the molecule is CC[C@]1(C)CC(=O)N(C(c2cncc(F)c2)C2CC2)C(N)=N1. The quantitative estimate of drug-likeness (QED) is 0.928. The van der Waals surface area contributed by atoms with E-state index in [0.29, 0.717) is 17.9 Å². The summed E-state index contributed by atoms with van der Waals surface area (Å²) < 4.78 is 13.5. The van der Waals surface area contributed by atoms with Crippen LogP contribution < -0.4 is 5.73 Å². The van der Waals surface area contributed by atoms with Crippen LogP contribution in [0.3, 0.4) is 0 Å². The molecule has 1 fully saturated rings. The summed E-state index contributed by atoms with van der Waals surface area (Å²) in [7, 11) is 0. The number of halogens is 1. The van der Waals surface area contributed by atoms with Crippen molar-refractivity contribution in [3.05, 3.63) is 29.8 Å². The number of guanidine groups is 1. The number of hydrogen-bond donors (Lipinski definition) is 1. The number of aliphatic imine (C=N–C) groups is 1. The van der Waals surface area contributed by atoms with Gasteiger partial charge in [-0.15, -0.1) is 0 Å². The van der Waals surface area contributed by atoms with Gasteiger partial charge >= 0.3 is 0 Å². The maximum Gasteiger partial charge on any atom is 0.232 e. The first-order valence-electron chi connectivity index (χ1n) is 7.71. The molecule has 3 rings (SSSR count). The van der Waals surface area contributed by atoms with Crippen LogP contribution in [0.2, 0.25) is 0 Å². The number of rotatable bonds is 4. The molecule has 0 aromatic carbocycles. The van der Waals surface area contributed by atoms with E-state index in [9.17, 15) is 9.18 Å². The van der Waals surface area contributed by atoms with Crippen molar-refractivity contribution >= 4 is 11.9 Å². The molecular weight excluding hydrogens is 283 g/mol. The van der Waals surface area contributed by atoms with Gasteiger partial charge in [-0.1, -0.05) is 6.92 Å². The number of amides is 1. The zero-order chi connectivity index (χ0) is 15.9. The monoisotopic (exact) mass is 304 g/mol. The van der Waals surface area contributed by atoms with Gasteiger partial charge in [-0.05, 0) is 43.7 Å². The van der Waals surface area contributed by atoms with Crippen LogP contribution in [-0.4, -0.2) is 27.3 Å². The number of aromatic nitrogens is 1. The number of carbonyl (C=O) groups is 1. The van der Waals surface area contributed by atoms with Crippen LogP contribution in [0.15, 0.2) is 23.5 Å². The van der Waals surface area contributed by atoms with Crippen LogP contribution in [0, 0.1) is 11.7 Å². The van der Waals surface area contributed by atoms with E-state index in [-0.39, 0.29) is 17.9 Å². The van der Waals surface area contributed by atoms with Gasteiger partial charge in [0.1, 0.15) is 5.82 Å². The molecule has 1 aromatic heterocycles. The predicted molar refractivity (Wildman–Crippen MR) is 81.4 cm³/mol. The van der Waals surface area contributed by atoms with Gasteiger partial charge in [-0.25, -0.2) is 9.38 Å². The van der Waals surface area contributed by atoms with Gasteiger partial charge in [-0.3, -0.25) is 14.7 Å². The van der Waals surface area contributed by atoms with Crippen LogP contribution >= 0.6 is 0 Å². The van der Waals surface area contributed by atoms with Gasteiger partial charge in [0.05, 0.1) is 24.2 Å². The molecule has 2 atom stereocenters. The fourth-order valence-corrected chi connectivity index (χ4v) is 3.04. The molecule has 22 heavy (non-hydrogen) atoms. The number of hydrogen-bond acceptors (Lipinski definition) is 4. The second kappa shape index (κ2) is 5.34. The van der Waals surface area contributed by atoms with E-state index in [0.717, 1.165) is 25.5 Å². The number of carbonyl (C=O) groups excluding carboxylic acids is 1.